The number of carbonyl (C=O) groups excluding carboxylic acids is 1. The van der Waals surface area contributed by atoms with Crippen molar-refractivity contribution in [3.05, 3.63) is 59.3 Å². The van der Waals surface area contributed by atoms with Gasteiger partial charge in [-0.2, -0.15) is 0 Å². The van der Waals surface area contributed by atoms with E-state index in [0.29, 0.717) is 10.8 Å². The molecule has 1 aliphatic heterocycles. The standard InChI is InChI=1S/C25H26ClNO3/c1-16(12-25(28)27-11-5-4-6-17(27)2)20-13-21-22(18-7-9-19(26)10-8-18)15-30-24(21)14-23(20)29-3/h7-10,12-15,17H,4-6,11H2,1-3H3/b16-12+. The van der Waals surface area contributed by atoms with Crippen molar-refractivity contribution in [1.29, 1.82) is 0 Å². The Bertz CT molecular complexity index is 1100. The molecule has 1 fully saturated rings. The predicted octanol–water partition coefficient (Wildman–Crippen LogP) is 6.57. The molecule has 1 aliphatic rings. The zero-order chi connectivity index (χ0) is 21.3. The highest BCUT2D eigenvalue weighted by molar-refractivity contribution is 6.30. The van der Waals surface area contributed by atoms with Crippen LogP contribution >= 0.6 is 11.6 Å². The van der Waals surface area contributed by atoms with E-state index in [9.17, 15) is 4.79 Å². The number of methoxy groups -OCH3 is 1. The molecule has 1 aromatic heterocycles. The summed E-state index contributed by atoms with van der Waals surface area (Å²) in [5.74, 6) is 0.750. The fraction of sp³-hybridized carbons (Fsp3) is 0.320. The Balaban J connectivity index is 1.74. The van der Waals surface area contributed by atoms with Gasteiger partial charge in [0, 0.05) is 46.3 Å². The molecule has 1 saturated heterocycles. The number of carbonyl (C=O) groups is 1. The van der Waals surface area contributed by atoms with Crippen LogP contribution in [-0.2, 0) is 4.79 Å². The van der Waals surface area contributed by atoms with Crippen LogP contribution in [0.15, 0.2) is 53.2 Å². The molecule has 30 heavy (non-hydrogen) atoms. The number of rotatable bonds is 4. The molecule has 4 rings (SSSR count). The average molecular weight is 424 g/mol. The number of benzene rings is 2. The maximum atomic E-state index is 12.9. The maximum Gasteiger partial charge on any atom is 0.247 e. The van der Waals surface area contributed by atoms with Crippen molar-refractivity contribution >= 4 is 34.1 Å². The van der Waals surface area contributed by atoms with E-state index in [1.165, 1.54) is 6.42 Å². The maximum absolute atomic E-state index is 12.9. The summed E-state index contributed by atoms with van der Waals surface area (Å²) in [7, 11) is 1.63. The van der Waals surface area contributed by atoms with Crippen LogP contribution in [0.4, 0.5) is 0 Å². The zero-order valence-corrected chi connectivity index (χ0v) is 18.3. The number of allylic oxidation sites excluding steroid dienone is 1. The largest absolute Gasteiger partial charge is 0.496 e. The molecule has 1 amide bonds. The highest BCUT2D eigenvalue weighted by Crippen LogP contribution is 2.37. The van der Waals surface area contributed by atoms with Crippen molar-refractivity contribution in [2.75, 3.05) is 13.7 Å². The molecular weight excluding hydrogens is 398 g/mol. The molecule has 0 aliphatic carbocycles. The number of nitrogens with zero attached hydrogens (tertiary/aromatic N) is 1. The number of furan rings is 1. The number of hydrogen-bond acceptors (Lipinski definition) is 3. The van der Waals surface area contributed by atoms with Crippen LogP contribution in [0.25, 0.3) is 27.7 Å². The molecule has 0 radical (unpaired) electrons. The fourth-order valence-corrected chi connectivity index (χ4v) is 4.28. The third kappa shape index (κ3) is 3.97. The summed E-state index contributed by atoms with van der Waals surface area (Å²) in [5, 5.41) is 1.66. The third-order valence-electron chi connectivity index (χ3n) is 5.90. The first-order chi connectivity index (χ1) is 14.5. The minimum atomic E-state index is 0.0620. The molecule has 0 spiro atoms. The summed E-state index contributed by atoms with van der Waals surface area (Å²) >= 11 is 6.04. The lowest BCUT2D eigenvalue weighted by atomic mass is 9.98. The van der Waals surface area contributed by atoms with Gasteiger partial charge in [0.2, 0.25) is 5.91 Å². The minimum Gasteiger partial charge on any atom is -0.496 e. The Hall–Kier alpha value is -2.72. The van der Waals surface area contributed by atoms with Crippen LogP contribution < -0.4 is 4.74 Å². The summed E-state index contributed by atoms with van der Waals surface area (Å²) in [6.45, 7) is 4.90. The number of ether oxygens (including phenoxy) is 1. The van der Waals surface area contributed by atoms with Crippen LogP contribution in [0.5, 0.6) is 5.75 Å². The molecule has 2 aromatic carbocycles. The lowest BCUT2D eigenvalue weighted by molar-refractivity contribution is -0.129. The molecule has 5 heteroatoms. The van der Waals surface area contributed by atoms with E-state index >= 15 is 0 Å². The number of fused-ring (bicyclic) bond motifs is 1. The van der Waals surface area contributed by atoms with Gasteiger partial charge in [-0.15, -0.1) is 0 Å². The lowest BCUT2D eigenvalue weighted by Gasteiger charge is -2.32. The van der Waals surface area contributed by atoms with Gasteiger partial charge in [-0.1, -0.05) is 23.7 Å². The van der Waals surface area contributed by atoms with Crippen molar-refractivity contribution < 1.29 is 13.9 Å². The topological polar surface area (TPSA) is 42.7 Å². The number of hydrogen-bond donors (Lipinski definition) is 0. The van der Waals surface area contributed by atoms with Gasteiger partial charge >= 0.3 is 0 Å². The van der Waals surface area contributed by atoms with Crippen LogP contribution in [0.2, 0.25) is 5.02 Å². The Morgan fingerprint density at radius 3 is 2.70 bits per heavy atom. The van der Waals surface area contributed by atoms with E-state index in [4.69, 9.17) is 20.8 Å². The van der Waals surface area contributed by atoms with Crippen LogP contribution in [0.3, 0.4) is 0 Å². The van der Waals surface area contributed by atoms with E-state index < -0.39 is 0 Å². The predicted molar refractivity (Wildman–Crippen MR) is 122 cm³/mol. The van der Waals surface area contributed by atoms with Crippen molar-refractivity contribution in [2.45, 2.75) is 39.2 Å². The number of amides is 1. The highest BCUT2D eigenvalue weighted by atomic mass is 35.5. The smallest absolute Gasteiger partial charge is 0.247 e. The van der Waals surface area contributed by atoms with Gasteiger partial charge in [0.05, 0.1) is 13.4 Å². The quantitative estimate of drug-likeness (QED) is 0.446. The van der Waals surface area contributed by atoms with Crippen molar-refractivity contribution in [2.24, 2.45) is 0 Å². The van der Waals surface area contributed by atoms with E-state index in [-0.39, 0.29) is 11.9 Å². The summed E-state index contributed by atoms with van der Waals surface area (Å²) in [6, 6.07) is 11.9. The van der Waals surface area contributed by atoms with Gasteiger partial charge in [0.25, 0.3) is 0 Å². The first-order valence-electron chi connectivity index (χ1n) is 10.3. The van der Waals surface area contributed by atoms with Crippen molar-refractivity contribution in [3.63, 3.8) is 0 Å². The zero-order valence-electron chi connectivity index (χ0n) is 17.6. The Morgan fingerprint density at radius 1 is 1.23 bits per heavy atom. The van der Waals surface area contributed by atoms with E-state index in [1.807, 2.05) is 48.2 Å². The molecule has 0 saturated carbocycles. The van der Waals surface area contributed by atoms with E-state index in [0.717, 1.165) is 52.6 Å². The highest BCUT2D eigenvalue weighted by Gasteiger charge is 2.22. The Morgan fingerprint density at radius 2 is 2.00 bits per heavy atom. The average Bonchev–Trinajstić information content (AvgIpc) is 3.16. The number of likely N-dealkylation sites (tertiary alicyclic amines) is 1. The monoisotopic (exact) mass is 423 g/mol. The second kappa shape index (κ2) is 8.57. The fourth-order valence-electron chi connectivity index (χ4n) is 4.16. The third-order valence-corrected chi connectivity index (χ3v) is 6.15. The molecule has 1 unspecified atom stereocenters. The van der Waals surface area contributed by atoms with Gasteiger partial charge in [-0.05, 0) is 62.4 Å². The number of piperidine rings is 1. The van der Waals surface area contributed by atoms with E-state index in [1.54, 1.807) is 19.4 Å². The van der Waals surface area contributed by atoms with Crippen molar-refractivity contribution in [3.8, 4) is 16.9 Å². The molecule has 3 aromatic rings. The van der Waals surface area contributed by atoms with Gasteiger partial charge < -0.3 is 14.1 Å². The first kappa shape index (κ1) is 20.5. The number of halogens is 1. The van der Waals surface area contributed by atoms with Crippen LogP contribution in [0.1, 0.15) is 38.7 Å². The summed E-state index contributed by atoms with van der Waals surface area (Å²) in [6.07, 6.45) is 6.79. The van der Waals surface area contributed by atoms with E-state index in [2.05, 4.69) is 6.92 Å². The molecule has 156 valence electrons. The van der Waals surface area contributed by atoms with Gasteiger partial charge in [-0.25, -0.2) is 0 Å². The summed E-state index contributed by atoms with van der Waals surface area (Å²) < 4.78 is 11.4. The molecule has 1 atom stereocenters. The first-order valence-corrected chi connectivity index (χ1v) is 10.7. The minimum absolute atomic E-state index is 0.0620. The molecule has 0 N–H and O–H groups in total. The second-order valence-electron chi connectivity index (χ2n) is 7.91. The van der Waals surface area contributed by atoms with Crippen LogP contribution in [-0.4, -0.2) is 30.5 Å². The van der Waals surface area contributed by atoms with Crippen LogP contribution in [0, 0.1) is 0 Å². The molecule has 4 nitrogen and oxygen atoms in total. The lowest BCUT2D eigenvalue weighted by Crippen LogP contribution is -2.41. The normalized spacial score (nSPS) is 17.4. The SMILES string of the molecule is COc1cc2occ(-c3ccc(Cl)cc3)c2cc1/C(C)=C/C(=O)N1CCCCC1C. The molecule has 0 bridgehead atoms. The summed E-state index contributed by atoms with van der Waals surface area (Å²) in [5.41, 5.74) is 4.51. The Kier molecular flexibility index (Phi) is 5.87. The van der Waals surface area contributed by atoms with Gasteiger partial charge in [0.1, 0.15) is 11.3 Å². The Labute approximate surface area is 182 Å². The summed E-state index contributed by atoms with van der Waals surface area (Å²) in [4.78, 5) is 14.9. The van der Waals surface area contributed by atoms with Gasteiger partial charge in [-0.3, -0.25) is 4.79 Å². The van der Waals surface area contributed by atoms with Crippen molar-refractivity contribution in [1.82, 2.24) is 4.90 Å². The molecular formula is C25H26ClNO3. The van der Waals surface area contributed by atoms with Gasteiger partial charge in [0.15, 0.2) is 0 Å². The second-order valence-corrected chi connectivity index (χ2v) is 8.35. The molecule has 2 heterocycles.